The maximum absolute atomic E-state index is 11.7. The molecule has 0 spiro atoms. The van der Waals surface area contributed by atoms with Gasteiger partial charge in [0.2, 0.25) is 5.91 Å². The van der Waals surface area contributed by atoms with Crippen molar-refractivity contribution in [3.05, 3.63) is 30.0 Å². The fourth-order valence-electron chi connectivity index (χ4n) is 1.87. The standard InChI is InChI=1S/C14H17NO4/c1-18-11-3-4-13-12(8-11)10(9-19-13)7-14(17)15-5-2-6-16/h3-4,8-9,16H,2,5-7H2,1H3,(H,15,17). The fourth-order valence-corrected chi connectivity index (χ4v) is 1.87. The highest BCUT2D eigenvalue weighted by molar-refractivity contribution is 5.88. The van der Waals surface area contributed by atoms with Gasteiger partial charge in [-0.1, -0.05) is 0 Å². The zero-order valence-corrected chi connectivity index (χ0v) is 10.8. The van der Waals surface area contributed by atoms with E-state index in [0.717, 1.165) is 22.3 Å². The predicted molar refractivity (Wildman–Crippen MR) is 71.2 cm³/mol. The topological polar surface area (TPSA) is 71.7 Å². The number of methoxy groups -OCH3 is 1. The summed E-state index contributed by atoms with van der Waals surface area (Å²) in [6.07, 6.45) is 2.41. The number of hydrogen-bond donors (Lipinski definition) is 2. The Morgan fingerprint density at radius 2 is 2.32 bits per heavy atom. The number of fused-ring (bicyclic) bond motifs is 1. The molecule has 2 aromatic rings. The van der Waals surface area contributed by atoms with E-state index in [4.69, 9.17) is 14.3 Å². The van der Waals surface area contributed by atoms with Crippen molar-refractivity contribution in [1.82, 2.24) is 5.32 Å². The zero-order chi connectivity index (χ0) is 13.7. The van der Waals surface area contributed by atoms with E-state index in [1.807, 2.05) is 18.2 Å². The van der Waals surface area contributed by atoms with Gasteiger partial charge in [0.05, 0.1) is 19.8 Å². The smallest absolute Gasteiger partial charge is 0.224 e. The van der Waals surface area contributed by atoms with Crippen LogP contribution in [-0.4, -0.2) is 31.3 Å². The highest BCUT2D eigenvalue weighted by Crippen LogP contribution is 2.26. The van der Waals surface area contributed by atoms with Gasteiger partial charge in [-0.05, 0) is 24.6 Å². The van der Waals surface area contributed by atoms with Crippen molar-refractivity contribution < 1.29 is 19.1 Å². The molecule has 1 aromatic heterocycles. The van der Waals surface area contributed by atoms with Crippen molar-refractivity contribution >= 4 is 16.9 Å². The van der Waals surface area contributed by atoms with Gasteiger partial charge in [0.15, 0.2) is 0 Å². The lowest BCUT2D eigenvalue weighted by Gasteiger charge is -2.03. The molecule has 0 aliphatic rings. The second kappa shape index (κ2) is 6.24. The second-order valence-corrected chi connectivity index (χ2v) is 4.23. The number of aliphatic hydroxyl groups excluding tert-OH is 1. The summed E-state index contributed by atoms with van der Waals surface area (Å²) in [7, 11) is 1.60. The molecule has 5 nitrogen and oxygen atoms in total. The van der Waals surface area contributed by atoms with E-state index in [1.54, 1.807) is 13.4 Å². The van der Waals surface area contributed by atoms with Gasteiger partial charge in [-0.25, -0.2) is 0 Å². The summed E-state index contributed by atoms with van der Waals surface area (Å²) >= 11 is 0. The monoisotopic (exact) mass is 263 g/mol. The number of benzene rings is 1. The molecule has 0 aliphatic heterocycles. The van der Waals surface area contributed by atoms with Crippen molar-refractivity contribution in [1.29, 1.82) is 0 Å². The van der Waals surface area contributed by atoms with E-state index in [1.165, 1.54) is 0 Å². The van der Waals surface area contributed by atoms with E-state index in [2.05, 4.69) is 5.32 Å². The highest BCUT2D eigenvalue weighted by atomic mass is 16.5. The van der Waals surface area contributed by atoms with Gasteiger partial charge in [-0.3, -0.25) is 4.79 Å². The molecular weight excluding hydrogens is 246 g/mol. The molecule has 1 heterocycles. The number of rotatable bonds is 6. The molecule has 102 valence electrons. The first-order valence-electron chi connectivity index (χ1n) is 6.16. The Morgan fingerprint density at radius 3 is 3.05 bits per heavy atom. The van der Waals surface area contributed by atoms with Crippen LogP contribution in [0.4, 0.5) is 0 Å². The number of amides is 1. The summed E-state index contributed by atoms with van der Waals surface area (Å²) < 4.78 is 10.6. The number of carbonyl (C=O) groups is 1. The van der Waals surface area contributed by atoms with Crippen LogP contribution < -0.4 is 10.1 Å². The summed E-state index contributed by atoms with van der Waals surface area (Å²) in [5.74, 6) is 0.648. The summed E-state index contributed by atoms with van der Waals surface area (Å²) in [5.41, 5.74) is 1.56. The van der Waals surface area contributed by atoms with E-state index in [0.29, 0.717) is 13.0 Å². The molecule has 0 saturated carbocycles. The van der Waals surface area contributed by atoms with Crippen molar-refractivity contribution in [2.45, 2.75) is 12.8 Å². The Morgan fingerprint density at radius 1 is 1.47 bits per heavy atom. The summed E-state index contributed by atoms with van der Waals surface area (Å²) in [6, 6.07) is 5.49. The lowest BCUT2D eigenvalue weighted by atomic mass is 10.1. The number of aliphatic hydroxyl groups is 1. The van der Waals surface area contributed by atoms with Crippen molar-refractivity contribution in [2.24, 2.45) is 0 Å². The summed E-state index contributed by atoms with van der Waals surface area (Å²) in [4.78, 5) is 11.7. The molecule has 0 bridgehead atoms. The number of nitrogens with one attached hydrogen (secondary N) is 1. The molecule has 2 N–H and O–H groups in total. The van der Waals surface area contributed by atoms with Crippen LogP contribution >= 0.6 is 0 Å². The molecule has 1 aromatic carbocycles. The van der Waals surface area contributed by atoms with Gasteiger partial charge in [-0.15, -0.1) is 0 Å². The van der Waals surface area contributed by atoms with Gasteiger partial charge < -0.3 is 19.6 Å². The van der Waals surface area contributed by atoms with Crippen molar-refractivity contribution in [3.8, 4) is 5.75 Å². The number of carbonyl (C=O) groups excluding carboxylic acids is 1. The van der Waals surface area contributed by atoms with Gasteiger partial charge in [0.1, 0.15) is 11.3 Å². The molecule has 0 radical (unpaired) electrons. The van der Waals surface area contributed by atoms with Crippen LogP contribution in [-0.2, 0) is 11.2 Å². The fraction of sp³-hybridized carbons (Fsp3) is 0.357. The Labute approximate surface area is 111 Å². The van der Waals surface area contributed by atoms with Crippen LogP contribution in [0.1, 0.15) is 12.0 Å². The van der Waals surface area contributed by atoms with E-state index < -0.39 is 0 Å². The maximum Gasteiger partial charge on any atom is 0.224 e. The van der Waals surface area contributed by atoms with Crippen LogP contribution in [0.5, 0.6) is 5.75 Å². The first-order chi connectivity index (χ1) is 9.24. The molecule has 0 aliphatic carbocycles. The molecule has 5 heteroatoms. The lowest BCUT2D eigenvalue weighted by Crippen LogP contribution is -2.26. The highest BCUT2D eigenvalue weighted by Gasteiger charge is 2.10. The van der Waals surface area contributed by atoms with Crippen LogP contribution in [0.2, 0.25) is 0 Å². The predicted octanol–water partition coefficient (Wildman–Crippen LogP) is 1.48. The molecule has 0 unspecified atom stereocenters. The Hall–Kier alpha value is -2.01. The third kappa shape index (κ3) is 3.26. The minimum atomic E-state index is -0.0843. The Bertz CT molecular complexity index is 562. The average Bonchev–Trinajstić information content (AvgIpc) is 2.81. The largest absolute Gasteiger partial charge is 0.497 e. The number of hydrogen-bond acceptors (Lipinski definition) is 4. The van der Waals surface area contributed by atoms with Crippen LogP contribution in [0.3, 0.4) is 0 Å². The Kier molecular flexibility index (Phi) is 4.41. The van der Waals surface area contributed by atoms with Crippen molar-refractivity contribution in [2.75, 3.05) is 20.3 Å². The van der Waals surface area contributed by atoms with Gasteiger partial charge in [0, 0.05) is 24.1 Å². The van der Waals surface area contributed by atoms with E-state index in [9.17, 15) is 4.79 Å². The van der Waals surface area contributed by atoms with E-state index >= 15 is 0 Å². The molecular formula is C14H17NO4. The Balaban J connectivity index is 2.09. The molecule has 0 atom stereocenters. The van der Waals surface area contributed by atoms with Crippen LogP contribution in [0.25, 0.3) is 11.0 Å². The second-order valence-electron chi connectivity index (χ2n) is 4.23. The quantitative estimate of drug-likeness (QED) is 0.774. The number of furan rings is 1. The molecule has 0 fully saturated rings. The molecule has 1 amide bonds. The van der Waals surface area contributed by atoms with Gasteiger partial charge >= 0.3 is 0 Å². The SMILES string of the molecule is COc1ccc2occ(CC(=O)NCCCO)c2c1. The van der Waals surface area contributed by atoms with Crippen molar-refractivity contribution in [3.63, 3.8) is 0 Å². The van der Waals surface area contributed by atoms with Gasteiger partial charge in [0.25, 0.3) is 0 Å². The third-order valence-electron chi connectivity index (χ3n) is 2.87. The van der Waals surface area contributed by atoms with E-state index in [-0.39, 0.29) is 18.9 Å². The lowest BCUT2D eigenvalue weighted by molar-refractivity contribution is -0.120. The first-order valence-corrected chi connectivity index (χ1v) is 6.16. The zero-order valence-electron chi connectivity index (χ0n) is 10.8. The third-order valence-corrected chi connectivity index (χ3v) is 2.87. The van der Waals surface area contributed by atoms with Crippen LogP contribution in [0, 0.1) is 0 Å². The number of ether oxygens (including phenoxy) is 1. The molecule has 0 saturated heterocycles. The van der Waals surface area contributed by atoms with Crippen LogP contribution in [0.15, 0.2) is 28.9 Å². The normalized spacial score (nSPS) is 10.6. The summed E-state index contributed by atoms with van der Waals surface area (Å²) in [5, 5.41) is 12.3. The minimum Gasteiger partial charge on any atom is -0.497 e. The average molecular weight is 263 g/mol. The first kappa shape index (κ1) is 13.4. The summed E-state index contributed by atoms with van der Waals surface area (Å²) in [6.45, 7) is 0.556. The molecule has 19 heavy (non-hydrogen) atoms. The molecule has 2 rings (SSSR count). The van der Waals surface area contributed by atoms with Gasteiger partial charge in [-0.2, -0.15) is 0 Å². The maximum atomic E-state index is 11.7. The minimum absolute atomic E-state index is 0.0755.